The molecule has 202 valence electrons. The van der Waals surface area contributed by atoms with Crippen molar-refractivity contribution in [1.29, 1.82) is 0 Å². The van der Waals surface area contributed by atoms with E-state index in [-0.39, 0.29) is 5.91 Å². The normalized spacial score (nSPS) is 17.9. The van der Waals surface area contributed by atoms with Crippen LogP contribution in [0.25, 0.3) is 6.08 Å². The molecule has 39 heavy (non-hydrogen) atoms. The summed E-state index contributed by atoms with van der Waals surface area (Å²) in [6.45, 7) is 5.32. The topological polar surface area (TPSA) is 45.1 Å². The molecule has 0 saturated carbocycles. The molecule has 9 heteroatoms. The molecule has 2 saturated heterocycles. The number of amides is 1. The molecule has 0 aromatic heterocycles. The molecule has 0 radical (unpaired) electrons. The van der Waals surface area contributed by atoms with Gasteiger partial charge in [0.25, 0.3) is 5.91 Å². The van der Waals surface area contributed by atoms with E-state index >= 15 is 0 Å². The zero-order chi connectivity index (χ0) is 27.4. The molecule has 5 rings (SSSR count). The maximum atomic E-state index is 13.2. The number of ether oxygens (including phenoxy) is 1. The Morgan fingerprint density at radius 1 is 0.949 bits per heavy atom. The van der Waals surface area contributed by atoms with E-state index in [9.17, 15) is 4.79 Å². The number of thioether (sulfide) groups is 1. The van der Waals surface area contributed by atoms with E-state index in [2.05, 4.69) is 133 Å². The minimum absolute atomic E-state index is 0.00441. The van der Waals surface area contributed by atoms with E-state index in [1.54, 1.807) is 4.90 Å². The summed E-state index contributed by atoms with van der Waals surface area (Å²) in [5.41, 5.74) is 4.22. The summed E-state index contributed by atoms with van der Waals surface area (Å²) in [4.78, 5) is 23.0. The number of benzene rings is 3. The Morgan fingerprint density at radius 2 is 1.62 bits per heavy atom. The van der Waals surface area contributed by atoms with Crippen LogP contribution in [0, 0.1) is 10.7 Å². The van der Waals surface area contributed by atoms with Gasteiger partial charge in [-0.1, -0.05) is 12.1 Å². The van der Waals surface area contributed by atoms with E-state index in [0.29, 0.717) is 18.1 Å². The number of carbonyl (C=O) groups excluding carboxylic acids is 1. The molecule has 0 spiro atoms. The maximum Gasteiger partial charge on any atom is 0.266 e. The van der Waals surface area contributed by atoms with Crippen LogP contribution in [0.1, 0.15) is 37.3 Å². The highest BCUT2D eigenvalue weighted by Crippen LogP contribution is 2.36. The number of likely N-dealkylation sites (N-methyl/N-ethyl adjacent to an activating group) is 1. The monoisotopic (exact) mass is 875 g/mol. The van der Waals surface area contributed by atoms with Crippen LogP contribution in [0.5, 0.6) is 5.75 Å². The first-order valence-electron chi connectivity index (χ1n) is 12.9. The van der Waals surface area contributed by atoms with Crippen molar-refractivity contribution in [2.75, 3.05) is 24.5 Å². The quantitative estimate of drug-likeness (QED) is 0.176. The summed E-state index contributed by atoms with van der Waals surface area (Å²) in [7, 11) is 0. The van der Waals surface area contributed by atoms with Crippen molar-refractivity contribution in [2.24, 2.45) is 4.99 Å². The van der Waals surface area contributed by atoms with E-state index in [0.717, 1.165) is 48.0 Å². The lowest BCUT2D eigenvalue weighted by Gasteiger charge is -2.28. The van der Waals surface area contributed by atoms with Crippen molar-refractivity contribution in [2.45, 2.75) is 32.8 Å². The second kappa shape index (κ2) is 13.6. The van der Waals surface area contributed by atoms with Gasteiger partial charge in [0.05, 0.1) is 17.7 Å². The zero-order valence-electron chi connectivity index (χ0n) is 21.5. The Hall–Kier alpha value is -1.32. The fourth-order valence-corrected chi connectivity index (χ4v) is 8.11. The van der Waals surface area contributed by atoms with Crippen LogP contribution < -0.4 is 9.64 Å². The average molecular weight is 875 g/mol. The minimum atomic E-state index is -0.00441. The van der Waals surface area contributed by atoms with E-state index < -0.39 is 0 Å². The van der Waals surface area contributed by atoms with Crippen molar-refractivity contribution >= 4 is 108 Å². The molecule has 2 aliphatic heterocycles. The molecular formula is C30H28I3N3O2S. The molecule has 0 atom stereocenters. The summed E-state index contributed by atoms with van der Waals surface area (Å²) >= 11 is 8.36. The lowest BCUT2D eigenvalue weighted by Crippen LogP contribution is -2.29. The van der Waals surface area contributed by atoms with Gasteiger partial charge in [0.15, 0.2) is 5.17 Å². The Morgan fingerprint density at radius 3 is 2.26 bits per heavy atom. The van der Waals surface area contributed by atoms with Crippen LogP contribution >= 0.6 is 79.5 Å². The van der Waals surface area contributed by atoms with Gasteiger partial charge in [0, 0.05) is 28.9 Å². The molecule has 2 heterocycles. The zero-order valence-corrected chi connectivity index (χ0v) is 28.8. The van der Waals surface area contributed by atoms with E-state index in [4.69, 9.17) is 9.73 Å². The van der Waals surface area contributed by atoms with Crippen LogP contribution in [0.3, 0.4) is 0 Å². The lowest BCUT2D eigenvalue weighted by atomic mass is 10.1. The Kier molecular flexibility index (Phi) is 10.1. The molecular weight excluding hydrogens is 847 g/mol. The predicted octanol–water partition coefficient (Wildman–Crippen LogP) is 8.69. The van der Waals surface area contributed by atoms with Gasteiger partial charge in [-0.2, -0.15) is 0 Å². The third-order valence-corrected chi connectivity index (χ3v) is 9.94. The summed E-state index contributed by atoms with van der Waals surface area (Å²) in [5.74, 6) is 0.864. The number of hydrogen-bond donors (Lipinski definition) is 0. The largest absolute Gasteiger partial charge is 0.487 e. The van der Waals surface area contributed by atoms with Crippen molar-refractivity contribution in [1.82, 2.24) is 4.90 Å². The second-order valence-corrected chi connectivity index (χ2v) is 13.9. The van der Waals surface area contributed by atoms with Crippen LogP contribution in [-0.4, -0.2) is 35.6 Å². The predicted molar refractivity (Wildman–Crippen MR) is 188 cm³/mol. The standard InChI is InChI=1S/C30H28I3N3O2S/c1-2-36-29(37)27(39-30(36)34-23-10-12-24(13-11-23)35-14-4-3-5-15-35)18-21-16-25(32)28(26(33)17-21)38-19-20-6-8-22(31)9-7-20/h6-13,16-18H,2-5,14-15,19H2,1H3/b27-18-,34-30?. The lowest BCUT2D eigenvalue weighted by molar-refractivity contribution is -0.122. The highest BCUT2D eigenvalue weighted by atomic mass is 127. The molecule has 5 nitrogen and oxygen atoms in total. The third-order valence-electron chi connectivity index (χ3n) is 6.61. The highest BCUT2D eigenvalue weighted by Gasteiger charge is 2.32. The first kappa shape index (κ1) is 29.2. The van der Waals surface area contributed by atoms with Gasteiger partial charge in [-0.3, -0.25) is 9.69 Å². The van der Waals surface area contributed by atoms with Crippen LogP contribution in [0.2, 0.25) is 0 Å². The smallest absolute Gasteiger partial charge is 0.266 e. The van der Waals surface area contributed by atoms with Crippen molar-refractivity contribution in [3.8, 4) is 5.75 Å². The minimum Gasteiger partial charge on any atom is -0.487 e. The number of aliphatic imine (C=N–C) groups is 1. The first-order chi connectivity index (χ1) is 18.9. The number of carbonyl (C=O) groups is 1. The number of nitrogens with zero attached hydrogens (tertiary/aromatic N) is 3. The number of amidine groups is 1. The summed E-state index contributed by atoms with van der Waals surface area (Å²) in [5, 5.41) is 0.723. The van der Waals surface area contributed by atoms with Gasteiger partial charge in [0.2, 0.25) is 0 Å². The third kappa shape index (κ3) is 7.31. The van der Waals surface area contributed by atoms with Crippen molar-refractivity contribution in [3.63, 3.8) is 0 Å². The van der Waals surface area contributed by atoms with Crippen LogP contribution in [0.4, 0.5) is 11.4 Å². The van der Waals surface area contributed by atoms with Crippen molar-refractivity contribution in [3.05, 3.63) is 87.4 Å². The van der Waals surface area contributed by atoms with E-state index in [1.165, 1.54) is 40.3 Å². The maximum absolute atomic E-state index is 13.2. The van der Waals surface area contributed by atoms with Gasteiger partial charge in [0.1, 0.15) is 12.4 Å². The number of piperidine rings is 1. The molecule has 0 unspecified atom stereocenters. The number of rotatable bonds is 7. The molecule has 2 fully saturated rings. The first-order valence-corrected chi connectivity index (χ1v) is 17.0. The van der Waals surface area contributed by atoms with Gasteiger partial charge in [-0.25, -0.2) is 4.99 Å². The molecule has 0 aliphatic carbocycles. The Labute approximate surface area is 275 Å². The second-order valence-electron chi connectivity index (χ2n) is 9.35. The number of halogens is 3. The number of hydrogen-bond acceptors (Lipinski definition) is 5. The SMILES string of the molecule is CCN1C(=O)/C(=C/c2cc(I)c(OCc3ccc(I)cc3)c(I)c2)SC1=Nc1ccc(N2CCCCC2)cc1. The number of anilines is 1. The molecule has 1 amide bonds. The average Bonchev–Trinajstić information content (AvgIpc) is 3.23. The summed E-state index contributed by atoms with van der Waals surface area (Å²) < 4.78 is 9.40. The van der Waals surface area contributed by atoms with Crippen molar-refractivity contribution < 1.29 is 9.53 Å². The molecule has 2 aliphatic rings. The molecule has 0 N–H and O–H groups in total. The molecule has 0 bridgehead atoms. The van der Waals surface area contributed by atoms with E-state index in [1.807, 2.05) is 13.0 Å². The van der Waals surface area contributed by atoms with Gasteiger partial charge >= 0.3 is 0 Å². The molecule has 3 aromatic carbocycles. The summed E-state index contributed by atoms with van der Waals surface area (Å²) in [6, 6.07) is 20.9. The Balaban J connectivity index is 1.31. The van der Waals surface area contributed by atoms with Gasteiger partial charge in [-0.15, -0.1) is 0 Å². The van der Waals surface area contributed by atoms with Gasteiger partial charge < -0.3 is 9.64 Å². The fourth-order valence-electron chi connectivity index (χ4n) is 4.56. The van der Waals surface area contributed by atoms with Gasteiger partial charge in [-0.05, 0) is 171 Å². The highest BCUT2D eigenvalue weighted by molar-refractivity contribution is 14.1. The van der Waals surface area contributed by atoms with Crippen LogP contribution in [-0.2, 0) is 11.4 Å². The Bertz CT molecular complexity index is 1380. The summed E-state index contributed by atoms with van der Waals surface area (Å²) in [6.07, 6.45) is 5.79. The fraction of sp³-hybridized carbons (Fsp3) is 0.267. The van der Waals surface area contributed by atoms with Crippen LogP contribution in [0.15, 0.2) is 70.6 Å². The molecule has 3 aromatic rings.